The maximum atomic E-state index is 13.3. The van der Waals surface area contributed by atoms with Crippen molar-refractivity contribution in [2.45, 2.75) is 24.3 Å². The summed E-state index contributed by atoms with van der Waals surface area (Å²) in [6, 6.07) is 1.83. The van der Waals surface area contributed by atoms with Gasteiger partial charge in [0.2, 0.25) is 0 Å². The van der Waals surface area contributed by atoms with E-state index < -0.39 is 33.6 Å². The number of aromatic amines is 1. The number of benzene rings is 1. The van der Waals surface area contributed by atoms with Crippen molar-refractivity contribution in [2.75, 3.05) is 24.5 Å². The fraction of sp³-hybridized carbons (Fsp3) is 0.429. The van der Waals surface area contributed by atoms with Crippen molar-refractivity contribution in [3.05, 3.63) is 35.9 Å². The van der Waals surface area contributed by atoms with Gasteiger partial charge in [-0.1, -0.05) is 0 Å². The van der Waals surface area contributed by atoms with Gasteiger partial charge in [-0.2, -0.15) is 22.6 Å². The van der Waals surface area contributed by atoms with Crippen molar-refractivity contribution >= 4 is 15.7 Å². The molecule has 0 saturated carbocycles. The van der Waals surface area contributed by atoms with E-state index in [2.05, 4.69) is 15.2 Å². The van der Waals surface area contributed by atoms with Gasteiger partial charge in [0, 0.05) is 31.4 Å². The Morgan fingerprint density at radius 1 is 1.27 bits per heavy atom. The highest BCUT2D eigenvalue weighted by Crippen LogP contribution is 2.38. The Morgan fingerprint density at radius 2 is 2.00 bits per heavy atom. The zero-order valence-corrected chi connectivity index (χ0v) is 14.4. The lowest BCUT2D eigenvalue weighted by Crippen LogP contribution is -2.54. The van der Waals surface area contributed by atoms with Crippen LogP contribution in [0.2, 0.25) is 0 Å². The van der Waals surface area contributed by atoms with Gasteiger partial charge in [0.05, 0.1) is 5.56 Å². The molecule has 1 aromatic heterocycles. The number of anilines is 1. The van der Waals surface area contributed by atoms with E-state index in [1.54, 1.807) is 6.92 Å². The minimum absolute atomic E-state index is 0.0160. The molecule has 1 aliphatic heterocycles. The maximum Gasteiger partial charge on any atom is 0.418 e. The van der Waals surface area contributed by atoms with Crippen molar-refractivity contribution in [2.24, 2.45) is 0 Å². The smallest absolute Gasteiger partial charge is 0.368 e. The average molecular weight is 393 g/mol. The van der Waals surface area contributed by atoms with E-state index in [0.717, 1.165) is 22.8 Å². The largest absolute Gasteiger partial charge is 0.418 e. The fourth-order valence-electron chi connectivity index (χ4n) is 2.96. The van der Waals surface area contributed by atoms with Crippen molar-refractivity contribution < 1.29 is 26.0 Å². The molecule has 0 amide bonds. The molecule has 2 aromatic rings. The zero-order chi connectivity index (χ0) is 19.1. The van der Waals surface area contributed by atoms with Crippen LogP contribution in [0, 0.1) is 5.82 Å². The number of alkyl halides is 3. The van der Waals surface area contributed by atoms with Gasteiger partial charge in [0.25, 0.3) is 15.2 Å². The Kier molecular flexibility index (Phi) is 4.65. The van der Waals surface area contributed by atoms with Gasteiger partial charge in [-0.25, -0.2) is 22.9 Å². The predicted molar refractivity (Wildman–Crippen MR) is 83.4 cm³/mol. The number of H-pyrrole nitrogens is 1. The van der Waals surface area contributed by atoms with Crippen LogP contribution < -0.4 is 4.90 Å². The van der Waals surface area contributed by atoms with Crippen LogP contribution >= 0.6 is 0 Å². The Hall–Kier alpha value is -2.21. The Balaban J connectivity index is 1.86. The van der Waals surface area contributed by atoms with Gasteiger partial charge >= 0.3 is 6.18 Å². The third kappa shape index (κ3) is 3.38. The lowest BCUT2D eigenvalue weighted by atomic mass is 10.1. The fourth-order valence-corrected chi connectivity index (χ4v) is 4.39. The van der Waals surface area contributed by atoms with Crippen LogP contribution in [0.15, 0.2) is 29.7 Å². The van der Waals surface area contributed by atoms with Crippen LogP contribution in [0.1, 0.15) is 12.5 Å². The number of aromatic nitrogens is 3. The highest BCUT2D eigenvalue weighted by molar-refractivity contribution is 7.89. The number of rotatable bonds is 3. The number of nitrogens with zero attached hydrogens (tertiary/aromatic N) is 4. The van der Waals surface area contributed by atoms with Crippen LogP contribution in [0.4, 0.5) is 23.2 Å². The maximum absolute atomic E-state index is 13.3. The summed E-state index contributed by atoms with van der Waals surface area (Å²) in [6.45, 7) is 1.57. The van der Waals surface area contributed by atoms with Crippen molar-refractivity contribution in [1.82, 2.24) is 19.5 Å². The monoisotopic (exact) mass is 393 g/mol. The van der Waals surface area contributed by atoms with E-state index in [1.165, 1.54) is 4.90 Å². The van der Waals surface area contributed by atoms with Gasteiger partial charge in [0.15, 0.2) is 0 Å². The van der Waals surface area contributed by atoms with Gasteiger partial charge in [-0.15, -0.1) is 0 Å². The summed E-state index contributed by atoms with van der Waals surface area (Å²) in [5, 5.41) is 5.46. The number of hydrogen-bond donors (Lipinski definition) is 1. The van der Waals surface area contributed by atoms with Crippen LogP contribution in [0.25, 0.3) is 0 Å². The number of hydrogen-bond acceptors (Lipinski definition) is 5. The van der Waals surface area contributed by atoms with Crippen LogP contribution in [0.3, 0.4) is 0 Å². The normalized spacial score (nSPS) is 19.7. The van der Waals surface area contributed by atoms with Crippen molar-refractivity contribution in [3.63, 3.8) is 0 Å². The minimum Gasteiger partial charge on any atom is -0.368 e. The molecule has 1 N–H and O–H groups in total. The van der Waals surface area contributed by atoms with Crippen molar-refractivity contribution in [3.8, 4) is 0 Å². The molecule has 1 saturated heterocycles. The second kappa shape index (κ2) is 6.50. The molecule has 1 aromatic carbocycles. The molecule has 1 atom stereocenters. The first kappa shape index (κ1) is 18.6. The summed E-state index contributed by atoms with van der Waals surface area (Å²) in [5.41, 5.74) is -1.27. The highest BCUT2D eigenvalue weighted by atomic mass is 32.2. The second-order valence-corrected chi connectivity index (χ2v) is 7.67. The molecule has 0 unspecified atom stereocenters. The number of piperazine rings is 1. The third-order valence-corrected chi connectivity index (χ3v) is 5.96. The molecule has 1 fully saturated rings. The standard InChI is InChI=1S/C14H15F4N5O2S/c1-9-7-22(12-3-2-10(15)6-11(12)14(16,17)18)4-5-23(9)26(24,25)13-19-8-20-21-13/h2-3,6,8-9H,4-5,7H2,1H3,(H,19,20,21)/t9-/m1/s1. The summed E-state index contributed by atoms with van der Waals surface area (Å²) in [5.74, 6) is -0.986. The molecule has 0 bridgehead atoms. The summed E-state index contributed by atoms with van der Waals surface area (Å²) in [6.07, 6.45) is -3.66. The Labute approximate surface area is 146 Å². The molecule has 0 aliphatic carbocycles. The average Bonchev–Trinajstić information content (AvgIpc) is 3.09. The van der Waals surface area contributed by atoms with E-state index in [1.807, 2.05) is 0 Å². The first-order valence-electron chi connectivity index (χ1n) is 7.59. The molecule has 26 heavy (non-hydrogen) atoms. The number of halogens is 4. The third-order valence-electron chi connectivity index (χ3n) is 4.12. The number of sulfonamides is 1. The van der Waals surface area contributed by atoms with E-state index in [0.29, 0.717) is 6.07 Å². The van der Waals surface area contributed by atoms with E-state index in [-0.39, 0.29) is 30.5 Å². The topological polar surface area (TPSA) is 82.2 Å². The molecule has 12 heteroatoms. The molecule has 3 rings (SSSR count). The SMILES string of the molecule is C[C@@H]1CN(c2ccc(F)cc2C(F)(F)F)CCN1S(=O)(=O)c1ncn[nH]1. The summed E-state index contributed by atoms with van der Waals surface area (Å²) in [4.78, 5) is 5.03. The Morgan fingerprint density at radius 3 is 2.58 bits per heavy atom. The Bertz CT molecular complexity index is 885. The molecule has 142 valence electrons. The van der Waals surface area contributed by atoms with Crippen LogP contribution in [-0.2, 0) is 16.2 Å². The molecule has 0 radical (unpaired) electrons. The summed E-state index contributed by atoms with van der Waals surface area (Å²) < 4.78 is 79.1. The first-order valence-corrected chi connectivity index (χ1v) is 9.03. The van der Waals surface area contributed by atoms with Crippen molar-refractivity contribution in [1.29, 1.82) is 0 Å². The van der Waals surface area contributed by atoms with E-state index in [4.69, 9.17) is 0 Å². The lowest BCUT2D eigenvalue weighted by Gasteiger charge is -2.40. The van der Waals surface area contributed by atoms with Gasteiger partial charge in [-0.3, -0.25) is 0 Å². The predicted octanol–water partition coefficient (Wildman–Crippen LogP) is 1.86. The van der Waals surface area contributed by atoms with Gasteiger partial charge in [-0.05, 0) is 25.1 Å². The van der Waals surface area contributed by atoms with Gasteiger partial charge < -0.3 is 4.90 Å². The number of nitrogens with one attached hydrogen (secondary N) is 1. The zero-order valence-electron chi connectivity index (χ0n) is 13.5. The minimum atomic E-state index is -4.72. The molecule has 7 nitrogen and oxygen atoms in total. The molecular weight excluding hydrogens is 378 g/mol. The van der Waals surface area contributed by atoms with E-state index >= 15 is 0 Å². The molecule has 2 heterocycles. The molecule has 0 spiro atoms. The first-order chi connectivity index (χ1) is 12.1. The second-order valence-electron chi connectivity index (χ2n) is 5.86. The van der Waals surface area contributed by atoms with Crippen LogP contribution in [0.5, 0.6) is 0 Å². The lowest BCUT2D eigenvalue weighted by molar-refractivity contribution is -0.137. The van der Waals surface area contributed by atoms with Gasteiger partial charge in [0.1, 0.15) is 12.1 Å². The quantitative estimate of drug-likeness (QED) is 0.805. The molecular formula is C14H15F4N5O2S. The summed E-state index contributed by atoms with van der Waals surface area (Å²) >= 11 is 0. The molecule has 1 aliphatic rings. The van der Waals surface area contributed by atoms with E-state index in [9.17, 15) is 26.0 Å². The van der Waals surface area contributed by atoms with Crippen LogP contribution in [-0.4, -0.2) is 53.6 Å². The highest BCUT2D eigenvalue weighted by Gasteiger charge is 2.39. The summed E-state index contributed by atoms with van der Waals surface area (Å²) in [7, 11) is -3.92.